The normalized spacial score (nSPS) is 17.7. The molecule has 0 aliphatic carbocycles. The van der Waals surface area contributed by atoms with Gasteiger partial charge in [-0.15, -0.1) is 0 Å². The Kier molecular flexibility index (Phi) is 4.80. The number of Topliss-reactive ketones (excluding diaryl/α,β-unsaturated/α-hetero) is 1. The number of amides is 3. The van der Waals surface area contributed by atoms with E-state index in [1.54, 1.807) is 29.2 Å². The minimum atomic E-state index is -0.348. The third kappa shape index (κ3) is 3.84. The molecule has 1 heterocycles. The number of carbonyl (C=O) groups excluding carboxylic acids is 3. The van der Waals surface area contributed by atoms with Crippen LogP contribution in [0, 0.1) is 0 Å². The number of nitrogens with zero attached hydrogens (tertiary/aromatic N) is 1. The Morgan fingerprint density at radius 3 is 2.36 bits per heavy atom. The summed E-state index contributed by atoms with van der Waals surface area (Å²) in [5.74, 6) is 0.0420. The highest BCUT2D eigenvalue weighted by atomic mass is 16.2. The van der Waals surface area contributed by atoms with Crippen LogP contribution >= 0.6 is 0 Å². The number of carbonyl (C=O) groups is 3. The Labute approximate surface area is 129 Å². The Morgan fingerprint density at radius 1 is 1.23 bits per heavy atom. The van der Waals surface area contributed by atoms with Crippen LogP contribution in [-0.2, 0) is 4.79 Å². The molecule has 6 nitrogen and oxygen atoms in total. The Bertz CT molecular complexity index is 581. The van der Waals surface area contributed by atoms with Crippen molar-refractivity contribution in [2.75, 3.05) is 11.9 Å². The van der Waals surface area contributed by atoms with Crippen LogP contribution in [0.5, 0.6) is 0 Å². The fourth-order valence-electron chi connectivity index (χ4n) is 2.47. The second kappa shape index (κ2) is 6.60. The molecule has 3 amide bonds. The summed E-state index contributed by atoms with van der Waals surface area (Å²) >= 11 is 0. The van der Waals surface area contributed by atoms with Crippen LogP contribution < -0.4 is 10.6 Å². The second-order valence-electron chi connectivity index (χ2n) is 5.77. The molecule has 118 valence electrons. The standard InChI is InChI=1S/C16H21N3O3/c1-10(2)19-9-14(8-15(19)21)18-16(22)17-13-6-4-12(5-7-13)11(3)20/h4-7,10,14H,8-9H2,1-3H3,(H2,17,18,22). The third-order valence-corrected chi connectivity index (χ3v) is 3.67. The highest BCUT2D eigenvalue weighted by molar-refractivity contribution is 5.95. The van der Waals surface area contributed by atoms with E-state index in [1.165, 1.54) is 6.92 Å². The Morgan fingerprint density at radius 2 is 1.86 bits per heavy atom. The molecule has 2 rings (SSSR count). The maximum absolute atomic E-state index is 12.0. The smallest absolute Gasteiger partial charge is 0.319 e. The van der Waals surface area contributed by atoms with Crippen LogP contribution in [0.3, 0.4) is 0 Å². The van der Waals surface area contributed by atoms with Crippen molar-refractivity contribution in [3.8, 4) is 0 Å². The molecule has 1 atom stereocenters. The summed E-state index contributed by atoms with van der Waals surface area (Å²) in [5.41, 5.74) is 1.20. The van der Waals surface area contributed by atoms with Gasteiger partial charge in [0.1, 0.15) is 0 Å². The van der Waals surface area contributed by atoms with Gasteiger partial charge < -0.3 is 15.5 Å². The molecule has 6 heteroatoms. The Hall–Kier alpha value is -2.37. The van der Waals surface area contributed by atoms with Crippen molar-refractivity contribution >= 4 is 23.4 Å². The molecular formula is C16H21N3O3. The van der Waals surface area contributed by atoms with Gasteiger partial charge in [-0.05, 0) is 45.0 Å². The van der Waals surface area contributed by atoms with Crippen LogP contribution in [0.2, 0.25) is 0 Å². The number of hydrogen-bond acceptors (Lipinski definition) is 3. The van der Waals surface area contributed by atoms with E-state index in [0.717, 1.165) is 0 Å². The number of likely N-dealkylation sites (tertiary alicyclic amines) is 1. The first-order valence-electron chi connectivity index (χ1n) is 7.35. The molecule has 22 heavy (non-hydrogen) atoms. The van der Waals surface area contributed by atoms with Crippen molar-refractivity contribution in [2.45, 2.75) is 39.3 Å². The number of rotatable bonds is 4. The molecule has 1 saturated heterocycles. The van der Waals surface area contributed by atoms with Gasteiger partial charge in [-0.1, -0.05) is 0 Å². The summed E-state index contributed by atoms with van der Waals surface area (Å²) in [7, 11) is 0. The molecule has 0 bridgehead atoms. The molecule has 0 aromatic heterocycles. The zero-order valence-corrected chi connectivity index (χ0v) is 13.1. The lowest BCUT2D eigenvalue weighted by Crippen LogP contribution is -2.40. The third-order valence-electron chi connectivity index (χ3n) is 3.67. The van der Waals surface area contributed by atoms with Crippen molar-refractivity contribution in [3.05, 3.63) is 29.8 Å². The SMILES string of the molecule is CC(=O)c1ccc(NC(=O)NC2CC(=O)N(C(C)C)C2)cc1. The maximum Gasteiger partial charge on any atom is 0.319 e. The fraction of sp³-hybridized carbons (Fsp3) is 0.438. The quantitative estimate of drug-likeness (QED) is 0.835. The molecule has 0 saturated carbocycles. The summed E-state index contributed by atoms with van der Waals surface area (Å²) in [6, 6.07) is 6.30. The van der Waals surface area contributed by atoms with E-state index in [-0.39, 0.29) is 29.8 Å². The first kappa shape index (κ1) is 16.0. The second-order valence-corrected chi connectivity index (χ2v) is 5.77. The van der Waals surface area contributed by atoms with Crippen LogP contribution in [-0.4, -0.2) is 41.2 Å². The van der Waals surface area contributed by atoms with Crippen LogP contribution in [0.1, 0.15) is 37.6 Å². The molecule has 1 aliphatic heterocycles. The lowest BCUT2D eigenvalue weighted by molar-refractivity contribution is -0.129. The van der Waals surface area contributed by atoms with Gasteiger partial charge in [0.05, 0.1) is 6.04 Å². The van der Waals surface area contributed by atoms with Crippen molar-refractivity contribution in [3.63, 3.8) is 0 Å². The predicted molar refractivity (Wildman–Crippen MR) is 83.9 cm³/mol. The average Bonchev–Trinajstić information content (AvgIpc) is 2.80. The first-order valence-corrected chi connectivity index (χ1v) is 7.35. The molecule has 0 radical (unpaired) electrons. The van der Waals surface area contributed by atoms with E-state index < -0.39 is 0 Å². The van der Waals surface area contributed by atoms with Crippen LogP contribution in [0.15, 0.2) is 24.3 Å². The van der Waals surface area contributed by atoms with Crippen molar-refractivity contribution in [1.82, 2.24) is 10.2 Å². The molecule has 1 aromatic carbocycles. The largest absolute Gasteiger partial charge is 0.338 e. The maximum atomic E-state index is 12.0. The highest BCUT2D eigenvalue weighted by Crippen LogP contribution is 2.15. The number of anilines is 1. The number of ketones is 1. The lowest BCUT2D eigenvalue weighted by Gasteiger charge is -2.21. The van der Waals surface area contributed by atoms with E-state index in [9.17, 15) is 14.4 Å². The summed E-state index contributed by atoms with van der Waals surface area (Å²) in [5, 5.41) is 5.50. The summed E-state index contributed by atoms with van der Waals surface area (Å²) < 4.78 is 0. The monoisotopic (exact) mass is 303 g/mol. The Balaban J connectivity index is 1.88. The molecule has 2 N–H and O–H groups in total. The van der Waals surface area contributed by atoms with Crippen molar-refractivity contribution in [1.29, 1.82) is 0 Å². The number of urea groups is 1. The average molecular weight is 303 g/mol. The summed E-state index contributed by atoms with van der Waals surface area (Å²) in [6.45, 7) is 5.94. The van der Waals surface area contributed by atoms with Gasteiger partial charge in [0.15, 0.2) is 5.78 Å². The van der Waals surface area contributed by atoms with Gasteiger partial charge in [0.2, 0.25) is 5.91 Å². The van der Waals surface area contributed by atoms with Crippen molar-refractivity contribution < 1.29 is 14.4 Å². The molecular weight excluding hydrogens is 282 g/mol. The van der Waals surface area contributed by atoms with Crippen molar-refractivity contribution in [2.24, 2.45) is 0 Å². The fourth-order valence-corrected chi connectivity index (χ4v) is 2.47. The van der Waals surface area contributed by atoms with E-state index >= 15 is 0 Å². The van der Waals surface area contributed by atoms with Gasteiger partial charge in [0, 0.05) is 30.3 Å². The summed E-state index contributed by atoms with van der Waals surface area (Å²) in [6.07, 6.45) is 0.328. The molecule has 1 aliphatic rings. The minimum absolute atomic E-state index is 0.0192. The van der Waals surface area contributed by atoms with Gasteiger partial charge in [-0.25, -0.2) is 4.79 Å². The van der Waals surface area contributed by atoms with Gasteiger partial charge in [-0.3, -0.25) is 9.59 Å². The number of hydrogen-bond donors (Lipinski definition) is 2. The number of benzene rings is 1. The number of nitrogens with one attached hydrogen (secondary N) is 2. The zero-order chi connectivity index (χ0) is 16.3. The zero-order valence-electron chi connectivity index (χ0n) is 13.1. The topological polar surface area (TPSA) is 78.5 Å². The predicted octanol–water partition coefficient (Wildman–Crippen LogP) is 2.02. The van der Waals surface area contributed by atoms with E-state index in [0.29, 0.717) is 24.2 Å². The van der Waals surface area contributed by atoms with E-state index in [4.69, 9.17) is 0 Å². The van der Waals surface area contributed by atoms with Gasteiger partial charge >= 0.3 is 6.03 Å². The molecule has 0 spiro atoms. The lowest BCUT2D eigenvalue weighted by atomic mass is 10.1. The van der Waals surface area contributed by atoms with E-state index in [1.807, 2.05) is 13.8 Å². The minimum Gasteiger partial charge on any atom is -0.338 e. The molecule has 1 fully saturated rings. The van der Waals surface area contributed by atoms with Crippen LogP contribution in [0.25, 0.3) is 0 Å². The van der Waals surface area contributed by atoms with E-state index in [2.05, 4.69) is 10.6 Å². The first-order chi connectivity index (χ1) is 10.4. The van der Waals surface area contributed by atoms with Gasteiger partial charge in [0.25, 0.3) is 0 Å². The summed E-state index contributed by atoms with van der Waals surface area (Å²) in [4.78, 5) is 36.7. The molecule has 1 unspecified atom stereocenters. The van der Waals surface area contributed by atoms with Crippen LogP contribution in [0.4, 0.5) is 10.5 Å². The molecule has 1 aromatic rings. The highest BCUT2D eigenvalue weighted by Gasteiger charge is 2.31. The van der Waals surface area contributed by atoms with Gasteiger partial charge in [-0.2, -0.15) is 0 Å².